The summed E-state index contributed by atoms with van der Waals surface area (Å²) in [5.74, 6) is -9.95. The zero-order valence-corrected chi connectivity index (χ0v) is 20.3. The summed E-state index contributed by atoms with van der Waals surface area (Å²) in [7, 11) is 36.6. The number of alkyl halides is 2. The lowest BCUT2D eigenvalue weighted by Crippen LogP contribution is -2.59. The summed E-state index contributed by atoms with van der Waals surface area (Å²) in [6.07, 6.45) is -0.155. The first-order chi connectivity index (χ1) is 17.6. The molecule has 2 heterocycles. The van der Waals surface area contributed by atoms with Crippen LogP contribution in [0.25, 0.3) is 0 Å². The highest BCUT2D eigenvalue weighted by Crippen LogP contribution is 2.38. The number of amides is 4. The molecular weight excluding hydrogens is 509 g/mol. The summed E-state index contributed by atoms with van der Waals surface area (Å²) < 4.78 is 29.8. The maximum absolute atomic E-state index is 14.9. The van der Waals surface area contributed by atoms with Crippen molar-refractivity contribution >= 4 is 93.4 Å². The first-order valence-electron chi connectivity index (χ1n) is 11.1. The molecule has 7 nitrogen and oxygen atoms in total. The van der Waals surface area contributed by atoms with Gasteiger partial charge in [0, 0.05) is 28.5 Å². The largest absolute Gasteiger partial charge is 0.393 e. The van der Waals surface area contributed by atoms with Crippen LogP contribution in [0.5, 0.6) is 0 Å². The summed E-state index contributed by atoms with van der Waals surface area (Å²) in [6.45, 7) is 0. The number of carbonyl (C=O) groups excluding carboxylic acids is 4. The van der Waals surface area contributed by atoms with Crippen molar-refractivity contribution in [2.24, 2.45) is 0 Å². The van der Waals surface area contributed by atoms with E-state index in [1.54, 1.807) is 0 Å². The Labute approximate surface area is 229 Å². The second-order valence-electron chi connectivity index (χ2n) is 8.92. The highest BCUT2D eigenvalue weighted by molar-refractivity contribution is 6.50. The third kappa shape index (κ3) is 4.38. The van der Waals surface area contributed by atoms with Crippen LogP contribution in [0.3, 0.4) is 0 Å². The van der Waals surface area contributed by atoms with Gasteiger partial charge in [0.25, 0.3) is 11.8 Å². The topological polar surface area (TPSA) is 86.8 Å². The van der Waals surface area contributed by atoms with Crippen LogP contribution in [0.2, 0.25) is 5.02 Å². The van der Waals surface area contributed by atoms with Crippen molar-refractivity contribution < 1.29 is 28.0 Å². The Balaban J connectivity index is 1.71. The Hall–Kier alpha value is -2.94. The fraction of sp³-hybridized carbons (Fsp3) is 0.273. The summed E-state index contributed by atoms with van der Waals surface area (Å²) in [5.41, 5.74) is -2.03. The lowest BCUT2D eigenvalue weighted by Gasteiger charge is -2.41. The number of hydrogen-bond donors (Lipinski definition) is 1. The minimum Gasteiger partial charge on any atom is -0.393 e. The highest BCUT2D eigenvalue weighted by atomic mass is 35.5. The van der Waals surface area contributed by atoms with Gasteiger partial charge < -0.3 is 9.71 Å². The molecule has 2 aromatic rings. The average Bonchev–Trinajstić information content (AvgIpc) is 3.06. The maximum atomic E-state index is 14.9. The number of carbonyl (C=O) groups is 4. The number of nitrogens with zero attached hydrogens (tertiary/aromatic N) is 2. The molecule has 38 heavy (non-hydrogen) atoms. The molecule has 1 fully saturated rings. The molecule has 2 unspecified atom stereocenters. The highest BCUT2D eigenvalue weighted by Gasteiger charge is 2.50. The molecule has 12 radical (unpaired) electrons. The summed E-state index contributed by atoms with van der Waals surface area (Å²) in [5, 5.41) is 0.0548. The standard InChI is InChI=1S/C22H12B6ClF2N3O4/c23-11-7-10(17(25)34(28)20(38)21(30,31)8-1-3-9(29)4-2-8)16(24)15-14(11)19(37)33(22(15,26)27)12-5-6-13(35)32-18(12)36/h1-4,7,12,17H,5-6H2,(H,32,35,36). The molecule has 0 spiro atoms. The second-order valence-corrected chi connectivity index (χ2v) is 9.36. The average molecular weight is 521 g/mol. The Kier molecular flexibility index (Phi) is 7.14. The van der Waals surface area contributed by atoms with Gasteiger partial charge in [0.05, 0.1) is 15.7 Å². The fourth-order valence-electron chi connectivity index (χ4n) is 4.59. The Morgan fingerprint density at radius 1 is 1.18 bits per heavy atom. The van der Waals surface area contributed by atoms with E-state index in [9.17, 15) is 28.0 Å². The molecule has 2 aromatic carbocycles. The van der Waals surface area contributed by atoms with Crippen LogP contribution in [-0.2, 0) is 25.6 Å². The van der Waals surface area contributed by atoms with Gasteiger partial charge in [-0.25, -0.2) is 0 Å². The van der Waals surface area contributed by atoms with Gasteiger partial charge in [-0.15, -0.1) is 0 Å². The summed E-state index contributed by atoms with van der Waals surface area (Å²) >= 11 is 5.72. The number of benzene rings is 2. The number of nitrogens with one attached hydrogen (secondary N) is 1. The van der Waals surface area contributed by atoms with Gasteiger partial charge in [0.1, 0.15) is 29.6 Å². The number of imide groups is 1. The molecule has 4 amide bonds. The molecule has 0 bridgehead atoms. The third-order valence-corrected chi connectivity index (χ3v) is 6.76. The third-order valence-electron chi connectivity index (χ3n) is 6.51. The van der Waals surface area contributed by atoms with Crippen molar-refractivity contribution in [3.63, 3.8) is 0 Å². The summed E-state index contributed by atoms with van der Waals surface area (Å²) in [4.78, 5) is 50.9. The molecule has 16 heteroatoms. The van der Waals surface area contributed by atoms with E-state index in [4.69, 9.17) is 58.8 Å². The molecule has 0 saturated carbocycles. The van der Waals surface area contributed by atoms with E-state index < -0.39 is 52.4 Å². The number of halogens is 3. The molecule has 178 valence electrons. The first kappa shape index (κ1) is 28.1. The smallest absolute Gasteiger partial charge is 0.348 e. The maximum Gasteiger partial charge on any atom is 0.348 e. The SMILES string of the molecule is [B]c1cc(C([B])N([B])C(=O)C(F)(F)c2ccc(Cl)cc2)c([B])c2c1C(=O)N(C1CCC(=O)NC1=O)C2([B])[B]. The molecular formula is C22H12B6ClF2N3O4. The van der Waals surface area contributed by atoms with Gasteiger partial charge in [-0.05, 0) is 35.0 Å². The fourth-order valence-corrected chi connectivity index (χ4v) is 4.72. The van der Waals surface area contributed by atoms with Crippen molar-refractivity contribution in [3.8, 4) is 0 Å². The molecule has 1 N–H and O–H groups in total. The van der Waals surface area contributed by atoms with Gasteiger partial charge in [0.15, 0.2) is 0 Å². The minimum atomic E-state index is -4.10. The quantitative estimate of drug-likeness (QED) is 0.385. The van der Waals surface area contributed by atoms with Gasteiger partial charge in [-0.2, -0.15) is 8.78 Å². The molecule has 0 aromatic heterocycles. The van der Waals surface area contributed by atoms with E-state index in [0.29, 0.717) is 0 Å². The zero-order valence-electron chi connectivity index (χ0n) is 19.6. The van der Waals surface area contributed by atoms with E-state index in [1.807, 2.05) is 0 Å². The van der Waals surface area contributed by atoms with Crippen molar-refractivity contribution in [3.05, 3.63) is 57.6 Å². The van der Waals surface area contributed by atoms with Crippen LogP contribution < -0.4 is 16.2 Å². The molecule has 2 atom stereocenters. The molecule has 2 aliphatic heterocycles. The number of fused-ring (bicyclic) bond motifs is 1. The Morgan fingerprint density at radius 2 is 1.79 bits per heavy atom. The van der Waals surface area contributed by atoms with E-state index in [0.717, 1.165) is 23.1 Å². The van der Waals surface area contributed by atoms with Gasteiger partial charge in [-0.1, -0.05) is 40.7 Å². The second kappa shape index (κ2) is 9.67. The molecule has 2 aliphatic rings. The van der Waals surface area contributed by atoms with Crippen molar-refractivity contribution in [1.82, 2.24) is 15.0 Å². The van der Waals surface area contributed by atoms with Crippen LogP contribution in [0, 0.1) is 0 Å². The number of hydrogen-bond acceptors (Lipinski definition) is 4. The van der Waals surface area contributed by atoms with Gasteiger partial charge in [0.2, 0.25) is 19.8 Å². The normalized spacial score (nSPS) is 19.6. The van der Waals surface area contributed by atoms with Crippen molar-refractivity contribution in [1.29, 1.82) is 0 Å². The van der Waals surface area contributed by atoms with Gasteiger partial charge >= 0.3 is 5.92 Å². The van der Waals surface area contributed by atoms with Crippen LogP contribution in [0.1, 0.15) is 45.8 Å². The van der Waals surface area contributed by atoms with E-state index >= 15 is 0 Å². The van der Waals surface area contributed by atoms with Crippen molar-refractivity contribution in [2.75, 3.05) is 0 Å². The lowest BCUT2D eigenvalue weighted by molar-refractivity contribution is -0.154. The van der Waals surface area contributed by atoms with Gasteiger partial charge in [-0.3, -0.25) is 24.5 Å². The lowest BCUT2D eigenvalue weighted by atomic mass is 9.54. The van der Waals surface area contributed by atoms with Crippen LogP contribution in [0.4, 0.5) is 8.78 Å². The number of piperidine rings is 1. The molecule has 0 aliphatic carbocycles. The Bertz CT molecular complexity index is 1380. The Morgan fingerprint density at radius 3 is 2.37 bits per heavy atom. The zero-order chi connectivity index (χ0) is 28.3. The van der Waals surface area contributed by atoms with E-state index in [2.05, 4.69) is 5.32 Å². The molecule has 1 saturated heterocycles. The van der Waals surface area contributed by atoms with Crippen LogP contribution in [0.15, 0.2) is 30.3 Å². The monoisotopic (exact) mass is 521 g/mol. The van der Waals surface area contributed by atoms with E-state index in [1.165, 1.54) is 12.1 Å². The number of rotatable bonds is 5. The van der Waals surface area contributed by atoms with Crippen LogP contribution >= 0.6 is 11.6 Å². The van der Waals surface area contributed by atoms with Crippen LogP contribution in [-0.4, -0.2) is 86.6 Å². The molecule has 4 rings (SSSR count). The van der Waals surface area contributed by atoms with E-state index in [-0.39, 0.29) is 50.3 Å². The summed E-state index contributed by atoms with van der Waals surface area (Å²) in [6, 6.07) is 4.09. The first-order valence-corrected chi connectivity index (χ1v) is 11.4. The minimum absolute atomic E-state index is 0.0651. The van der Waals surface area contributed by atoms with Crippen molar-refractivity contribution in [2.45, 2.75) is 36.1 Å². The predicted molar refractivity (Wildman–Crippen MR) is 139 cm³/mol. The predicted octanol–water partition coefficient (Wildman–Crippen LogP) is -1.49.